The first kappa shape index (κ1) is 26.5. The Morgan fingerprint density at radius 1 is 1.05 bits per heavy atom. The summed E-state index contributed by atoms with van der Waals surface area (Å²) in [7, 11) is -4.15. The Morgan fingerprint density at radius 2 is 1.76 bits per heavy atom. The van der Waals surface area contributed by atoms with Gasteiger partial charge < -0.3 is 4.74 Å². The normalized spacial score (nSPS) is 12.8. The number of fused-ring (bicyclic) bond motifs is 1. The second kappa shape index (κ2) is 9.06. The van der Waals surface area contributed by atoms with Crippen LogP contribution in [0.4, 0.5) is 26.3 Å². The molecule has 0 aliphatic rings. The zero-order chi connectivity index (χ0) is 27.3. The minimum absolute atomic E-state index is 0.0374. The molecule has 0 unspecified atom stereocenters. The van der Waals surface area contributed by atoms with Crippen molar-refractivity contribution < 1.29 is 39.5 Å². The van der Waals surface area contributed by atoms with Crippen LogP contribution in [0.15, 0.2) is 58.5 Å². The van der Waals surface area contributed by atoms with E-state index < -0.39 is 61.5 Å². The van der Waals surface area contributed by atoms with Crippen LogP contribution in [0.2, 0.25) is 5.02 Å². The van der Waals surface area contributed by atoms with E-state index in [9.17, 15) is 39.6 Å². The summed E-state index contributed by atoms with van der Waals surface area (Å²) in [6.45, 7) is 1.29. The van der Waals surface area contributed by atoms with Crippen molar-refractivity contribution in [2.45, 2.75) is 24.4 Å². The molecular formula is C21H13ClF6N4O4S. The molecule has 0 fully saturated rings. The molecule has 0 saturated heterocycles. The number of ether oxygens (including phenoxy) is 1. The lowest BCUT2D eigenvalue weighted by atomic mass is 10.1. The molecule has 0 aliphatic heterocycles. The van der Waals surface area contributed by atoms with Gasteiger partial charge in [-0.15, -0.1) is 18.3 Å². The summed E-state index contributed by atoms with van der Waals surface area (Å²) in [5.74, 6) is -1.63. The standard InChI is InChI=1S/C21H13ClF6N4O4S/c1-2-37(34,35)16-7-11(14-9-13(3-4-15(14)22)36-21(26,27)28)10-29-18(16)32-19(33)31-6-5-12(20(23,24)25)8-17(31)30-32/h3-10H,2H2,1H3. The Hall–Kier alpha value is -3.59. The molecule has 4 rings (SSSR count). The Labute approximate surface area is 208 Å². The molecule has 0 N–H and O–H groups in total. The molecule has 1 aromatic carbocycles. The monoisotopic (exact) mass is 566 g/mol. The molecule has 0 bridgehead atoms. The molecule has 3 aromatic heterocycles. The van der Waals surface area contributed by atoms with Crippen LogP contribution in [0.1, 0.15) is 12.5 Å². The number of hydrogen-bond donors (Lipinski definition) is 0. The smallest absolute Gasteiger partial charge is 0.406 e. The molecule has 0 amide bonds. The fourth-order valence-electron chi connectivity index (χ4n) is 3.34. The van der Waals surface area contributed by atoms with Crippen molar-refractivity contribution in [1.29, 1.82) is 0 Å². The molecule has 0 aliphatic carbocycles. The van der Waals surface area contributed by atoms with Gasteiger partial charge in [-0.1, -0.05) is 18.5 Å². The van der Waals surface area contributed by atoms with Crippen molar-refractivity contribution in [3.63, 3.8) is 0 Å². The summed E-state index contributed by atoms with van der Waals surface area (Å²) >= 11 is 6.11. The first-order valence-corrected chi connectivity index (χ1v) is 12.1. The molecule has 4 aromatic rings. The third-order valence-corrected chi connectivity index (χ3v) is 7.14. The molecular weight excluding hydrogens is 554 g/mol. The summed E-state index contributed by atoms with van der Waals surface area (Å²) in [6.07, 6.45) is -7.86. The second-order valence-electron chi connectivity index (χ2n) is 7.47. The largest absolute Gasteiger partial charge is 0.573 e. The van der Waals surface area contributed by atoms with E-state index in [1.54, 1.807) is 0 Å². The molecule has 0 spiro atoms. The SMILES string of the molecule is CCS(=O)(=O)c1cc(-c2cc(OC(F)(F)F)ccc2Cl)cnc1-n1nc2cc(C(F)(F)F)ccn2c1=O. The van der Waals surface area contributed by atoms with Gasteiger partial charge in [-0.05, 0) is 36.4 Å². The minimum atomic E-state index is -5.00. The van der Waals surface area contributed by atoms with Crippen molar-refractivity contribution in [1.82, 2.24) is 19.2 Å². The highest BCUT2D eigenvalue weighted by atomic mass is 35.5. The Balaban J connectivity index is 1.92. The van der Waals surface area contributed by atoms with E-state index in [0.29, 0.717) is 16.8 Å². The predicted octanol–water partition coefficient (Wildman–Crippen LogP) is 4.91. The molecule has 0 atom stereocenters. The van der Waals surface area contributed by atoms with E-state index in [1.807, 2.05) is 0 Å². The summed E-state index contributed by atoms with van der Waals surface area (Å²) < 4.78 is 108. The number of halogens is 7. The van der Waals surface area contributed by atoms with Crippen molar-refractivity contribution in [3.05, 3.63) is 69.9 Å². The average molecular weight is 567 g/mol. The predicted molar refractivity (Wildman–Crippen MR) is 118 cm³/mol. The Morgan fingerprint density at radius 3 is 2.38 bits per heavy atom. The first-order chi connectivity index (χ1) is 17.1. The fraction of sp³-hybridized carbons (Fsp3) is 0.190. The lowest BCUT2D eigenvalue weighted by Crippen LogP contribution is -2.23. The minimum Gasteiger partial charge on any atom is -0.406 e. The number of aromatic nitrogens is 4. The molecule has 8 nitrogen and oxygen atoms in total. The molecule has 16 heteroatoms. The van der Waals surface area contributed by atoms with Crippen molar-refractivity contribution in [3.8, 4) is 22.7 Å². The van der Waals surface area contributed by atoms with Gasteiger partial charge in [-0.3, -0.25) is 0 Å². The quantitative estimate of drug-likeness (QED) is 0.319. The van der Waals surface area contributed by atoms with Crippen LogP contribution >= 0.6 is 11.6 Å². The van der Waals surface area contributed by atoms with Gasteiger partial charge in [-0.25, -0.2) is 22.6 Å². The maximum Gasteiger partial charge on any atom is 0.573 e. The molecule has 0 saturated carbocycles. The van der Waals surface area contributed by atoms with Crippen LogP contribution in [-0.2, 0) is 16.0 Å². The van der Waals surface area contributed by atoms with E-state index in [-0.39, 0.29) is 16.1 Å². The number of hydrogen-bond acceptors (Lipinski definition) is 6. The van der Waals surface area contributed by atoms with E-state index in [1.165, 1.54) is 6.92 Å². The summed E-state index contributed by atoms with van der Waals surface area (Å²) in [5.41, 5.74) is -2.62. The van der Waals surface area contributed by atoms with E-state index in [0.717, 1.165) is 41.1 Å². The van der Waals surface area contributed by atoms with Crippen molar-refractivity contribution in [2.75, 3.05) is 5.75 Å². The van der Waals surface area contributed by atoms with Gasteiger partial charge in [0, 0.05) is 28.5 Å². The third-order valence-electron chi connectivity index (χ3n) is 5.08. The van der Waals surface area contributed by atoms with E-state index in [2.05, 4.69) is 14.8 Å². The van der Waals surface area contributed by atoms with Crippen LogP contribution in [0.3, 0.4) is 0 Å². The Bertz CT molecular complexity index is 1680. The highest BCUT2D eigenvalue weighted by molar-refractivity contribution is 7.91. The summed E-state index contributed by atoms with van der Waals surface area (Å²) in [6, 6.07) is 5.26. The van der Waals surface area contributed by atoms with Gasteiger partial charge in [0.15, 0.2) is 21.3 Å². The fourth-order valence-corrected chi connectivity index (χ4v) is 4.60. The van der Waals surface area contributed by atoms with E-state index >= 15 is 0 Å². The molecule has 0 radical (unpaired) electrons. The van der Waals surface area contributed by atoms with Crippen molar-refractivity contribution >= 4 is 27.1 Å². The molecule has 3 heterocycles. The van der Waals surface area contributed by atoms with Crippen LogP contribution in [0.25, 0.3) is 22.6 Å². The number of rotatable bonds is 5. The highest BCUT2D eigenvalue weighted by Gasteiger charge is 2.32. The number of sulfone groups is 1. The number of pyridine rings is 2. The average Bonchev–Trinajstić information content (AvgIpc) is 3.14. The zero-order valence-corrected chi connectivity index (χ0v) is 19.9. The maximum atomic E-state index is 13.1. The lowest BCUT2D eigenvalue weighted by molar-refractivity contribution is -0.274. The third kappa shape index (κ3) is 5.27. The van der Waals surface area contributed by atoms with Crippen molar-refractivity contribution in [2.24, 2.45) is 0 Å². The van der Waals surface area contributed by atoms with Crippen LogP contribution in [0, 0.1) is 0 Å². The van der Waals surface area contributed by atoms with Gasteiger partial charge in [0.1, 0.15) is 10.6 Å². The van der Waals surface area contributed by atoms with E-state index in [4.69, 9.17) is 11.6 Å². The first-order valence-electron chi connectivity index (χ1n) is 10.1. The van der Waals surface area contributed by atoms with Crippen LogP contribution in [0.5, 0.6) is 5.75 Å². The summed E-state index contributed by atoms with van der Waals surface area (Å²) in [4.78, 5) is 16.3. The molecule has 37 heavy (non-hydrogen) atoms. The Kier molecular flexibility index (Phi) is 6.48. The van der Waals surface area contributed by atoms with Gasteiger partial charge in [0.2, 0.25) is 0 Å². The van der Waals surface area contributed by atoms with Crippen LogP contribution in [-0.4, -0.2) is 39.7 Å². The van der Waals surface area contributed by atoms with Gasteiger partial charge in [0.05, 0.1) is 11.3 Å². The number of benzene rings is 1. The maximum absolute atomic E-state index is 13.1. The van der Waals surface area contributed by atoms with Crippen LogP contribution < -0.4 is 10.4 Å². The zero-order valence-electron chi connectivity index (χ0n) is 18.3. The van der Waals surface area contributed by atoms with Gasteiger partial charge in [0.25, 0.3) is 0 Å². The lowest BCUT2D eigenvalue weighted by Gasteiger charge is -2.13. The second-order valence-corrected chi connectivity index (χ2v) is 10.1. The molecule has 196 valence electrons. The summed E-state index contributed by atoms with van der Waals surface area (Å²) in [5, 5.41) is 3.75. The number of nitrogens with zero attached hydrogens (tertiary/aromatic N) is 4. The van der Waals surface area contributed by atoms with Gasteiger partial charge >= 0.3 is 18.2 Å². The van der Waals surface area contributed by atoms with Gasteiger partial charge in [-0.2, -0.15) is 17.9 Å². The topological polar surface area (TPSA) is 95.6 Å². The highest BCUT2D eigenvalue weighted by Crippen LogP contribution is 2.35. The number of alkyl halides is 6.